The molecule has 3 amide bonds. The molecular weight excluding hydrogens is 397 g/mol. The van der Waals surface area contributed by atoms with Gasteiger partial charge in [0.2, 0.25) is 0 Å². The number of imide groups is 1. The quantitative estimate of drug-likeness (QED) is 0.666. The van der Waals surface area contributed by atoms with Gasteiger partial charge in [-0.3, -0.25) is 10.1 Å². The summed E-state index contributed by atoms with van der Waals surface area (Å²) >= 11 is 6.00. The number of halogens is 4. The highest BCUT2D eigenvalue weighted by Crippen LogP contribution is 2.36. The van der Waals surface area contributed by atoms with Crippen molar-refractivity contribution in [3.63, 3.8) is 0 Å². The molecular formula is C15H16ClF3N2O6. The van der Waals surface area contributed by atoms with E-state index in [2.05, 4.69) is 4.74 Å². The van der Waals surface area contributed by atoms with Gasteiger partial charge in [0.25, 0.3) is 5.91 Å². The zero-order valence-corrected chi connectivity index (χ0v) is 15.0. The Hall–Kier alpha value is -2.69. The Morgan fingerprint density at radius 3 is 2.44 bits per heavy atom. The lowest BCUT2D eigenvalue weighted by Gasteiger charge is -2.13. The lowest BCUT2D eigenvalue weighted by molar-refractivity contribution is -0.125. The molecule has 0 unspecified atom stereocenters. The molecule has 0 aliphatic rings. The van der Waals surface area contributed by atoms with Gasteiger partial charge >= 0.3 is 18.2 Å². The smallest absolute Gasteiger partial charge is 0.405 e. The monoisotopic (exact) mass is 412 g/mol. The molecule has 1 aromatic rings. The Balaban J connectivity index is 2.63. The largest absolute Gasteiger partial charge is 0.493 e. The third-order valence-corrected chi connectivity index (χ3v) is 3.07. The highest BCUT2D eigenvalue weighted by molar-refractivity contribution is 6.32. The van der Waals surface area contributed by atoms with Gasteiger partial charge in [-0.1, -0.05) is 11.6 Å². The van der Waals surface area contributed by atoms with E-state index in [0.717, 1.165) is 0 Å². The summed E-state index contributed by atoms with van der Waals surface area (Å²) in [6.07, 6.45) is -4.63. The number of benzene rings is 1. The molecule has 1 rings (SSSR count). The highest BCUT2D eigenvalue weighted by Gasteiger charge is 2.28. The van der Waals surface area contributed by atoms with Crippen molar-refractivity contribution in [3.8, 4) is 11.5 Å². The molecule has 0 radical (unpaired) electrons. The first-order valence-corrected chi connectivity index (χ1v) is 7.77. The number of hydrogen-bond donors (Lipinski definition) is 2. The van der Waals surface area contributed by atoms with E-state index in [4.69, 9.17) is 21.1 Å². The molecule has 0 saturated carbocycles. The number of hydrogen-bond acceptors (Lipinski definition) is 6. The number of carbonyl (C=O) groups is 3. The first-order valence-electron chi connectivity index (χ1n) is 7.39. The predicted molar refractivity (Wildman–Crippen MR) is 87.1 cm³/mol. The predicted octanol–water partition coefficient (Wildman–Crippen LogP) is 2.29. The van der Waals surface area contributed by atoms with Crippen LogP contribution in [0.2, 0.25) is 5.02 Å². The standard InChI is InChI=1S/C15H16ClF3N2O6/c1-3-26-12-9(16)4-8(5-10(12)25-2)13(23)27-6-11(22)21-14(24)20-7-15(17,18)19/h4-5H,3,6-7H2,1-2H3,(H2,20,21,22,24). The number of amides is 3. The molecule has 27 heavy (non-hydrogen) atoms. The van der Waals surface area contributed by atoms with E-state index < -0.39 is 37.2 Å². The van der Waals surface area contributed by atoms with E-state index in [0.29, 0.717) is 6.61 Å². The normalized spacial score (nSPS) is 10.7. The highest BCUT2D eigenvalue weighted by atomic mass is 35.5. The van der Waals surface area contributed by atoms with Gasteiger partial charge in [0.05, 0.1) is 24.3 Å². The van der Waals surface area contributed by atoms with Crippen LogP contribution in [-0.4, -0.2) is 51.0 Å². The minimum atomic E-state index is -4.63. The van der Waals surface area contributed by atoms with Crippen LogP contribution >= 0.6 is 11.6 Å². The molecule has 0 spiro atoms. The van der Waals surface area contributed by atoms with Crippen LogP contribution in [0.3, 0.4) is 0 Å². The molecule has 0 bridgehead atoms. The summed E-state index contributed by atoms with van der Waals surface area (Å²) in [6.45, 7) is -0.486. The van der Waals surface area contributed by atoms with Crippen molar-refractivity contribution in [3.05, 3.63) is 22.7 Å². The maximum absolute atomic E-state index is 12.0. The Morgan fingerprint density at radius 2 is 1.89 bits per heavy atom. The topological polar surface area (TPSA) is 103 Å². The Labute approximate surface area is 156 Å². The average Bonchev–Trinajstić information content (AvgIpc) is 2.58. The van der Waals surface area contributed by atoms with Crippen LogP contribution in [0.1, 0.15) is 17.3 Å². The van der Waals surface area contributed by atoms with E-state index in [9.17, 15) is 27.6 Å². The number of alkyl halides is 3. The molecule has 0 aliphatic carbocycles. The van der Waals surface area contributed by atoms with E-state index in [-0.39, 0.29) is 22.1 Å². The fraction of sp³-hybridized carbons (Fsp3) is 0.400. The molecule has 0 atom stereocenters. The number of nitrogens with one attached hydrogen (secondary N) is 2. The molecule has 150 valence electrons. The van der Waals surface area contributed by atoms with E-state index >= 15 is 0 Å². The molecule has 0 fully saturated rings. The SMILES string of the molecule is CCOc1c(Cl)cc(C(=O)OCC(=O)NC(=O)NCC(F)(F)F)cc1OC. The van der Waals surface area contributed by atoms with Crippen molar-refractivity contribution in [2.45, 2.75) is 13.1 Å². The first-order chi connectivity index (χ1) is 12.6. The van der Waals surface area contributed by atoms with Gasteiger partial charge in [-0.05, 0) is 19.1 Å². The summed E-state index contributed by atoms with van der Waals surface area (Å²) in [4.78, 5) is 34.5. The van der Waals surface area contributed by atoms with E-state index in [1.807, 2.05) is 0 Å². The van der Waals surface area contributed by atoms with Gasteiger partial charge in [-0.2, -0.15) is 13.2 Å². The number of esters is 1. The van der Waals surface area contributed by atoms with Crippen molar-refractivity contribution in [2.24, 2.45) is 0 Å². The zero-order valence-electron chi connectivity index (χ0n) is 14.2. The van der Waals surface area contributed by atoms with Gasteiger partial charge in [0, 0.05) is 0 Å². The lowest BCUT2D eigenvalue weighted by Crippen LogP contribution is -2.44. The maximum atomic E-state index is 12.0. The van der Waals surface area contributed by atoms with Crippen LogP contribution in [0.5, 0.6) is 11.5 Å². The summed E-state index contributed by atoms with van der Waals surface area (Å²) in [5.41, 5.74) is -0.0605. The first kappa shape index (κ1) is 22.4. The van der Waals surface area contributed by atoms with Crippen LogP contribution in [0, 0.1) is 0 Å². The summed E-state index contributed by atoms with van der Waals surface area (Å²) in [7, 11) is 1.33. The number of rotatable bonds is 7. The number of methoxy groups -OCH3 is 1. The summed E-state index contributed by atoms with van der Waals surface area (Å²) < 4.78 is 50.8. The van der Waals surface area contributed by atoms with Gasteiger partial charge < -0.3 is 19.5 Å². The van der Waals surface area contributed by atoms with Crippen molar-refractivity contribution in [1.29, 1.82) is 0 Å². The fourth-order valence-electron chi connectivity index (χ4n) is 1.72. The molecule has 0 saturated heterocycles. The third kappa shape index (κ3) is 7.60. The average molecular weight is 413 g/mol. The molecule has 1 aromatic carbocycles. The molecule has 8 nitrogen and oxygen atoms in total. The zero-order chi connectivity index (χ0) is 20.6. The van der Waals surface area contributed by atoms with E-state index in [1.54, 1.807) is 12.2 Å². The van der Waals surface area contributed by atoms with Gasteiger partial charge in [-0.25, -0.2) is 9.59 Å². The van der Waals surface area contributed by atoms with Crippen LogP contribution < -0.4 is 20.1 Å². The third-order valence-electron chi connectivity index (χ3n) is 2.79. The van der Waals surface area contributed by atoms with Gasteiger partial charge in [0.15, 0.2) is 18.1 Å². The van der Waals surface area contributed by atoms with Crippen LogP contribution in [-0.2, 0) is 9.53 Å². The Morgan fingerprint density at radius 1 is 1.22 bits per heavy atom. The van der Waals surface area contributed by atoms with Crippen molar-refractivity contribution >= 4 is 29.5 Å². The summed E-state index contributed by atoms with van der Waals surface area (Å²) in [5, 5.41) is 3.08. The van der Waals surface area contributed by atoms with Crippen molar-refractivity contribution < 1.29 is 41.8 Å². The maximum Gasteiger partial charge on any atom is 0.405 e. The van der Waals surface area contributed by atoms with Crippen molar-refractivity contribution in [1.82, 2.24) is 10.6 Å². The van der Waals surface area contributed by atoms with E-state index in [1.165, 1.54) is 24.6 Å². The van der Waals surface area contributed by atoms with Gasteiger partial charge in [0.1, 0.15) is 6.54 Å². The lowest BCUT2D eigenvalue weighted by atomic mass is 10.2. The minimum Gasteiger partial charge on any atom is -0.493 e. The summed E-state index contributed by atoms with van der Waals surface area (Å²) in [5.74, 6) is -1.71. The van der Waals surface area contributed by atoms with Crippen LogP contribution in [0.25, 0.3) is 0 Å². The molecule has 0 aliphatic heterocycles. The second kappa shape index (κ2) is 9.86. The molecule has 0 heterocycles. The van der Waals surface area contributed by atoms with Crippen molar-refractivity contribution in [2.75, 3.05) is 26.9 Å². The number of ether oxygens (including phenoxy) is 3. The Kier molecular flexibility index (Phi) is 8.16. The van der Waals surface area contributed by atoms with Gasteiger partial charge in [-0.15, -0.1) is 0 Å². The second-order valence-electron chi connectivity index (χ2n) is 4.84. The molecule has 0 aromatic heterocycles. The summed E-state index contributed by atoms with van der Waals surface area (Å²) in [6, 6.07) is 1.12. The molecule has 2 N–H and O–H groups in total. The van der Waals surface area contributed by atoms with Crippen LogP contribution in [0.4, 0.5) is 18.0 Å². The number of carbonyl (C=O) groups excluding carboxylic acids is 3. The van der Waals surface area contributed by atoms with Crippen LogP contribution in [0.15, 0.2) is 12.1 Å². The molecule has 12 heteroatoms. The minimum absolute atomic E-state index is 0.0605. The Bertz CT molecular complexity index is 712. The second-order valence-corrected chi connectivity index (χ2v) is 5.25. The number of urea groups is 1. The fourth-order valence-corrected chi connectivity index (χ4v) is 1.99.